The number of benzene rings is 1. The number of esters is 1. The normalized spacial score (nSPS) is 17.5. The average molecular weight is 272 g/mol. The second kappa shape index (κ2) is 5.00. The molecule has 1 aromatic heterocycles. The summed E-state index contributed by atoms with van der Waals surface area (Å²) in [5, 5.41) is 4.31. The zero-order chi connectivity index (χ0) is 14.1. The first-order chi connectivity index (χ1) is 9.67. The molecule has 2 aromatic rings. The van der Waals surface area contributed by atoms with E-state index < -0.39 is 0 Å². The Bertz CT molecular complexity index is 631. The fourth-order valence-electron chi connectivity index (χ4n) is 2.31. The van der Waals surface area contributed by atoms with Crippen molar-refractivity contribution in [3.63, 3.8) is 0 Å². The van der Waals surface area contributed by atoms with E-state index in [9.17, 15) is 4.79 Å². The number of aromatic nitrogens is 2. The molecule has 0 bridgehead atoms. The van der Waals surface area contributed by atoms with E-state index in [2.05, 4.69) is 5.10 Å². The molecule has 5 heteroatoms. The van der Waals surface area contributed by atoms with Crippen LogP contribution in [0.5, 0.6) is 11.5 Å². The second-order valence-electron chi connectivity index (χ2n) is 4.99. The lowest BCUT2D eigenvalue weighted by molar-refractivity contribution is -0.139. The fraction of sp³-hybridized carbons (Fsp3) is 0.333. The predicted molar refractivity (Wildman–Crippen MR) is 72.8 cm³/mol. The van der Waals surface area contributed by atoms with Gasteiger partial charge in [0.25, 0.3) is 0 Å². The highest BCUT2D eigenvalue weighted by atomic mass is 16.5. The van der Waals surface area contributed by atoms with E-state index in [4.69, 9.17) is 9.47 Å². The van der Waals surface area contributed by atoms with Gasteiger partial charge in [0, 0.05) is 6.42 Å². The molecule has 104 valence electrons. The molecule has 5 nitrogen and oxygen atoms in total. The minimum atomic E-state index is -0.179. The van der Waals surface area contributed by atoms with Crippen LogP contribution in [0.4, 0.5) is 0 Å². The molecular formula is C15H16N2O3. The lowest BCUT2D eigenvalue weighted by Gasteiger charge is -2.18. The largest absolute Gasteiger partial charge is 0.497 e. The maximum Gasteiger partial charge on any atom is 0.314 e. The molecule has 0 saturated heterocycles. The molecule has 1 aliphatic heterocycles. The van der Waals surface area contributed by atoms with Gasteiger partial charge < -0.3 is 9.47 Å². The molecule has 2 heterocycles. The van der Waals surface area contributed by atoms with E-state index in [1.807, 2.05) is 35.9 Å². The molecule has 0 N–H and O–H groups in total. The number of carbonyl (C=O) groups is 1. The van der Waals surface area contributed by atoms with Crippen LogP contribution in [0.15, 0.2) is 30.5 Å². The number of hydrogen-bond donors (Lipinski definition) is 0. The van der Waals surface area contributed by atoms with Gasteiger partial charge in [0.15, 0.2) is 5.75 Å². The van der Waals surface area contributed by atoms with Crippen LogP contribution < -0.4 is 9.47 Å². The molecule has 0 saturated carbocycles. The molecule has 0 fully saturated rings. The van der Waals surface area contributed by atoms with Crippen molar-refractivity contribution >= 4 is 5.97 Å². The number of fused-ring (bicyclic) bond motifs is 1. The molecule has 0 aliphatic carbocycles. The van der Waals surface area contributed by atoms with Crippen LogP contribution >= 0.6 is 0 Å². The molecule has 0 spiro atoms. The second-order valence-corrected chi connectivity index (χ2v) is 4.99. The Morgan fingerprint density at radius 1 is 1.40 bits per heavy atom. The van der Waals surface area contributed by atoms with Crippen molar-refractivity contribution in [1.82, 2.24) is 9.78 Å². The molecule has 1 aliphatic rings. The topological polar surface area (TPSA) is 53.4 Å². The number of rotatable bonds is 3. The lowest BCUT2D eigenvalue weighted by Crippen LogP contribution is -2.26. The van der Waals surface area contributed by atoms with Gasteiger partial charge in [-0.2, -0.15) is 5.10 Å². The highest BCUT2D eigenvalue weighted by Crippen LogP contribution is 2.28. The van der Waals surface area contributed by atoms with Crippen LogP contribution in [-0.4, -0.2) is 22.9 Å². The zero-order valence-corrected chi connectivity index (χ0v) is 11.5. The van der Waals surface area contributed by atoms with E-state index in [0.29, 0.717) is 18.7 Å². The number of nitrogens with zero attached hydrogens (tertiary/aromatic N) is 2. The van der Waals surface area contributed by atoms with Crippen molar-refractivity contribution in [2.45, 2.75) is 19.9 Å². The number of carbonyl (C=O) groups excluding carboxylic acids is 1. The van der Waals surface area contributed by atoms with Crippen LogP contribution in [0.3, 0.4) is 0 Å². The first-order valence-electron chi connectivity index (χ1n) is 6.56. The van der Waals surface area contributed by atoms with Gasteiger partial charge in [0.2, 0.25) is 0 Å². The van der Waals surface area contributed by atoms with Crippen molar-refractivity contribution in [1.29, 1.82) is 0 Å². The van der Waals surface area contributed by atoms with Gasteiger partial charge in [0.1, 0.15) is 5.75 Å². The fourth-order valence-corrected chi connectivity index (χ4v) is 2.31. The quantitative estimate of drug-likeness (QED) is 0.802. The summed E-state index contributed by atoms with van der Waals surface area (Å²) in [6.45, 7) is 2.53. The highest BCUT2D eigenvalue weighted by molar-refractivity contribution is 5.77. The van der Waals surface area contributed by atoms with E-state index in [-0.39, 0.29) is 11.9 Å². The van der Waals surface area contributed by atoms with Crippen molar-refractivity contribution in [3.8, 4) is 11.5 Å². The van der Waals surface area contributed by atoms with Crippen LogP contribution in [0.2, 0.25) is 0 Å². The average Bonchev–Trinajstić information content (AvgIpc) is 2.83. The maximum atomic E-state index is 11.5. The molecule has 1 aromatic carbocycles. The number of hydrogen-bond acceptors (Lipinski definition) is 4. The Hall–Kier alpha value is -2.30. The SMILES string of the molecule is COc1ccc(Cn2ncc3c2CC(C)C(=O)O3)cc1. The molecule has 20 heavy (non-hydrogen) atoms. The van der Waals surface area contributed by atoms with Gasteiger partial charge in [-0.25, -0.2) is 0 Å². The minimum Gasteiger partial charge on any atom is -0.497 e. The summed E-state index contributed by atoms with van der Waals surface area (Å²) in [5.74, 6) is 1.12. The Labute approximate surface area is 117 Å². The van der Waals surface area contributed by atoms with Gasteiger partial charge >= 0.3 is 5.97 Å². The number of methoxy groups -OCH3 is 1. The summed E-state index contributed by atoms with van der Waals surface area (Å²) in [5.41, 5.74) is 2.11. The zero-order valence-electron chi connectivity index (χ0n) is 11.5. The van der Waals surface area contributed by atoms with E-state index in [0.717, 1.165) is 17.0 Å². The number of ether oxygens (including phenoxy) is 2. The molecular weight excluding hydrogens is 256 g/mol. The maximum absolute atomic E-state index is 11.5. The van der Waals surface area contributed by atoms with E-state index in [1.165, 1.54) is 0 Å². The summed E-state index contributed by atoms with van der Waals surface area (Å²) in [6, 6.07) is 7.86. The smallest absolute Gasteiger partial charge is 0.314 e. The van der Waals surface area contributed by atoms with E-state index >= 15 is 0 Å². The standard InChI is InChI=1S/C15H16N2O3/c1-10-7-13-14(20-15(10)18)8-16-17(13)9-11-3-5-12(19-2)6-4-11/h3-6,8,10H,7,9H2,1-2H3. The van der Waals surface area contributed by atoms with Crippen LogP contribution in [0.25, 0.3) is 0 Å². The van der Waals surface area contributed by atoms with Gasteiger partial charge in [0.05, 0.1) is 31.5 Å². The van der Waals surface area contributed by atoms with Gasteiger partial charge in [-0.3, -0.25) is 9.48 Å². The Balaban J connectivity index is 1.83. The molecule has 0 amide bonds. The van der Waals surface area contributed by atoms with Crippen molar-refractivity contribution in [2.75, 3.05) is 7.11 Å². The summed E-state index contributed by atoms with van der Waals surface area (Å²) >= 11 is 0. The van der Waals surface area contributed by atoms with E-state index in [1.54, 1.807) is 13.3 Å². The lowest BCUT2D eigenvalue weighted by atomic mass is 10.0. The summed E-state index contributed by atoms with van der Waals surface area (Å²) in [4.78, 5) is 11.5. The van der Waals surface area contributed by atoms with Crippen LogP contribution in [-0.2, 0) is 17.8 Å². The Morgan fingerprint density at radius 3 is 2.85 bits per heavy atom. The molecule has 0 radical (unpaired) electrons. The predicted octanol–water partition coefficient (Wildman–Crippen LogP) is 2.04. The third-order valence-electron chi connectivity index (χ3n) is 3.51. The first-order valence-corrected chi connectivity index (χ1v) is 6.56. The Kier molecular flexibility index (Phi) is 3.18. The van der Waals surface area contributed by atoms with Crippen LogP contribution in [0, 0.1) is 5.92 Å². The third-order valence-corrected chi connectivity index (χ3v) is 3.51. The monoisotopic (exact) mass is 272 g/mol. The highest BCUT2D eigenvalue weighted by Gasteiger charge is 2.28. The third kappa shape index (κ3) is 2.27. The van der Waals surface area contributed by atoms with Crippen molar-refractivity contribution in [3.05, 3.63) is 41.7 Å². The molecule has 1 unspecified atom stereocenters. The first kappa shape index (κ1) is 12.7. The van der Waals surface area contributed by atoms with Crippen LogP contribution in [0.1, 0.15) is 18.2 Å². The minimum absolute atomic E-state index is 0.117. The van der Waals surface area contributed by atoms with Gasteiger partial charge in [-0.15, -0.1) is 0 Å². The van der Waals surface area contributed by atoms with Gasteiger partial charge in [-0.05, 0) is 17.7 Å². The summed E-state index contributed by atoms with van der Waals surface area (Å²) < 4.78 is 12.3. The molecule has 3 rings (SSSR count). The molecule has 1 atom stereocenters. The summed E-state index contributed by atoms with van der Waals surface area (Å²) in [6.07, 6.45) is 2.28. The summed E-state index contributed by atoms with van der Waals surface area (Å²) in [7, 11) is 1.65. The van der Waals surface area contributed by atoms with Crippen molar-refractivity contribution in [2.24, 2.45) is 5.92 Å². The Morgan fingerprint density at radius 2 is 2.15 bits per heavy atom. The van der Waals surface area contributed by atoms with Gasteiger partial charge in [-0.1, -0.05) is 19.1 Å². The van der Waals surface area contributed by atoms with Crippen molar-refractivity contribution < 1.29 is 14.3 Å².